The predicted octanol–water partition coefficient (Wildman–Crippen LogP) is 1.73. The topological polar surface area (TPSA) is 93.0 Å². The van der Waals surface area contributed by atoms with Gasteiger partial charge >= 0.3 is 11.9 Å². The Morgan fingerprint density at radius 2 is 1.52 bits per heavy atom. The van der Waals surface area contributed by atoms with Crippen molar-refractivity contribution in [2.24, 2.45) is 0 Å². The summed E-state index contributed by atoms with van der Waals surface area (Å²) in [6.07, 6.45) is -1.06. The molecule has 1 fully saturated rings. The number of esters is 2. The number of hydrazine groups is 1. The summed E-state index contributed by atoms with van der Waals surface area (Å²) in [7, 11) is 1.21. The quantitative estimate of drug-likeness (QED) is 0.433. The summed E-state index contributed by atoms with van der Waals surface area (Å²) in [6, 6.07) is 15.1. The van der Waals surface area contributed by atoms with Gasteiger partial charge in [-0.3, -0.25) is 14.4 Å². The number of fused-ring (bicyclic) bond motifs is 1. The largest absolute Gasteiger partial charge is 0.467 e. The minimum atomic E-state index is -1.52. The second kappa shape index (κ2) is 6.82. The van der Waals surface area contributed by atoms with Gasteiger partial charge in [0.15, 0.2) is 11.6 Å². The number of imide groups is 1. The fraction of sp³-hybridized carbons (Fsp3) is 0.238. The van der Waals surface area contributed by atoms with E-state index in [4.69, 9.17) is 9.47 Å². The van der Waals surface area contributed by atoms with Crippen LogP contribution in [0.1, 0.15) is 39.3 Å². The number of carbonyl (C=O) groups excluding carboxylic acids is 4. The summed E-state index contributed by atoms with van der Waals surface area (Å²) in [6.45, 7) is 1.22. The van der Waals surface area contributed by atoms with Crippen molar-refractivity contribution in [3.8, 4) is 0 Å². The van der Waals surface area contributed by atoms with Crippen LogP contribution in [0, 0.1) is 0 Å². The number of hydrogen-bond donors (Lipinski definition) is 0. The molecule has 0 aromatic heterocycles. The lowest BCUT2D eigenvalue weighted by atomic mass is 9.95. The lowest BCUT2D eigenvalue weighted by molar-refractivity contribution is -0.160. The molecule has 3 atom stereocenters. The second-order valence-electron chi connectivity index (χ2n) is 6.84. The van der Waals surface area contributed by atoms with E-state index in [0.717, 1.165) is 5.01 Å². The van der Waals surface area contributed by atoms with Crippen LogP contribution in [0.5, 0.6) is 0 Å². The van der Waals surface area contributed by atoms with E-state index in [2.05, 4.69) is 0 Å². The van der Waals surface area contributed by atoms with Gasteiger partial charge in [-0.15, -0.1) is 0 Å². The summed E-state index contributed by atoms with van der Waals surface area (Å²) in [5.41, 5.74) is -0.458. The molecule has 0 radical (unpaired) electrons. The average molecular weight is 394 g/mol. The summed E-state index contributed by atoms with van der Waals surface area (Å²) < 4.78 is 10.5. The van der Waals surface area contributed by atoms with Crippen LogP contribution >= 0.6 is 0 Å². The van der Waals surface area contributed by atoms with Gasteiger partial charge in [-0.25, -0.2) is 9.80 Å². The van der Waals surface area contributed by atoms with E-state index in [-0.39, 0.29) is 17.7 Å². The van der Waals surface area contributed by atoms with Gasteiger partial charge in [-0.2, -0.15) is 5.01 Å². The molecule has 0 aliphatic carbocycles. The minimum Gasteiger partial charge on any atom is -0.467 e. The van der Waals surface area contributed by atoms with Crippen LogP contribution in [0.25, 0.3) is 0 Å². The molecule has 148 valence electrons. The fourth-order valence-corrected chi connectivity index (χ4v) is 3.74. The molecule has 0 spiro atoms. The Morgan fingerprint density at radius 3 is 2.03 bits per heavy atom. The molecule has 2 aromatic rings. The molecule has 2 heterocycles. The molecular formula is C21H18N2O6. The number of methoxy groups -OCH3 is 1. The third-order valence-electron chi connectivity index (χ3n) is 5.12. The van der Waals surface area contributed by atoms with Crippen molar-refractivity contribution in [3.63, 3.8) is 0 Å². The van der Waals surface area contributed by atoms with Gasteiger partial charge < -0.3 is 9.47 Å². The van der Waals surface area contributed by atoms with Crippen molar-refractivity contribution in [3.05, 3.63) is 71.3 Å². The summed E-state index contributed by atoms with van der Waals surface area (Å²) in [5.74, 6) is -2.38. The maximum Gasteiger partial charge on any atom is 0.333 e. The van der Waals surface area contributed by atoms with Crippen molar-refractivity contribution >= 4 is 23.8 Å². The van der Waals surface area contributed by atoms with Gasteiger partial charge in [0, 0.05) is 6.92 Å². The fourth-order valence-electron chi connectivity index (χ4n) is 3.74. The second-order valence-corrected chi connectivity index (χ2v) is 6.84. The molecule has 29 heavy (non-hydrogen) atoms. The van der Waals surface area contributed by atoms with E-state index >= 15 is 0 Å². The molecule has 8 heteroatoms. The van der Waals surface area contributed by atoms with Crippen molar-refractivity contribution < 1.29 is 28.7 Å². The zero-order chi connectivity index (χ0) is 20.8. The Morgan fingerprint density at radius 1 is 0.966 bits per heavy atom. The minimum absolute atomic E-state index is 0.0159. The van der Waals surface area contributed by atoms with Crippen LogP contribution in [0.15, 0.2) is 54.6 Å². The summed E-state index contributed by atoms with van der Waals surface area (Å²) >= 11 is 0. The number of benzene rings is 2. The molecule has 2 aliphatic heterocycles. The maximum absolute atomic E-state index is 12.9. The van der Waals surface area contributed by atoms with Gasteiger partial charge in [0.1, 0.15) is 0 Å². The molecule has 3 unspecified atom stereocenters. The van der Waals surface area contributed by atoms with Crippen LogP contribution in [-0.2, 0) is 19.1 Å². The smallest absolute Gasteiger partial charge is 0.333 e. The van der Waals surface area contributed by atoms with E-state index in [1.54, 1.807) is 54.6 Å². The number of amides is 2. The Hall–Kier alpha value is -3.52. The Bertz CT molecular complexity index is 986. The highest BCUT2D eigenvalue weighted by molar-refractivity contribution is 6.21. The van der Waals surface area contributed by atoms with Crippen molar-refractivity contribution in [1.82, 2.24) is 10.0 Å². The van der Waals surface area contributed by atoms with Crippen LogP contribution in [0.2, 0.25) is 0 Å². The van der Waals surface area contributed by atoms with Gasteiger partial charge in [-0.05, 0) is 17.7 Å². The van der Waals surface area contributed by atoms with Crippen LogP contribution in [-0.4, -0.2) is 53.0 Å². The van der Waals surface area contributed by atoms with Gasteiger partial charge in [-0.1, -0.05) is 42.5 Å². The number of carbonyl (C=O) groups is 4. The highest BCUT2D eigenvalue weighted by Crippen LogP contribution is 2.49. The zero-order valence-electron chi connectivity index (χ0n) is 15.8. The first kappa shape index (κ1) is 18.8. The molecule has 0 bridgehead atoms. The van der Waals surface area contributed by atoms with Crippen LogP contribution in [0.3, 0.4) is 0 Å². The molecule has 0 saturated carbocycles. The lowest BCUT2D eigenvalue weighted by Gasteiger charge is -2.28. The van der Waals surface area contributed by atoms with E-state index in [1.807, 2.05) is 0 Å². The Balaban J connectivity index is 1.77. The SMILES string of the molecule is COC(=O)C1(C(OC(C)=O)c2ccccc2)CN1N1C(=O)c2ccccc2C1=O. The summed E-state index contributed by atoms with van der Waals surface area (Å²) in [5, 5.41) is 2.24. The van der Waals surface area contributed by atoms with E-state index in [0.29, 0.717) is 5.56 Å². The van der Waals surface area contributed by atoms with Gasteiger partial charge in [0.05, 0.1) is 24.8 Å². The molecule has 4 rings (SSSR count). The zero-order valence-corrected chi connectivity index (χ0v) is 15.8. The van der Waals surface area contributed by atoms with Gasteiger partial charge in [0.25, 0.3) is 11.8 Å². The van der Waals surface area contributed by atoms with Crippen LogP contribution < -0.4 is 0 Å². The number of hydrogen-bond acceptors (Lipinski definition) is 7. The Kier molecular flexibility index (Phi) is 4.43. The number of nitrogens with zero attached hydrogens (tertiary/aromatic N) is 2. The number of ether oxygens (including phenoxy) is 2. The summed E-state index contributed by atoms with van der Waals surface area (Å²) in [4.78, 5) is 50.4. The van der Waals surface area contributed by atoms with Gasteiger partial charge in [0.2, 0.25) is 0 Å². The third-order valence-corrected chi connectivity index (χ3v) is 5.12. The lowest BCUT2D eigenvalue weighted by Crippen LogP contribution is -2.46. The average Bonchev–Trinajstić information content (AvgIpc) is 3.41. The standard InChI is InChI=1S/C21H18N2O6/c1-13(24)29-17(14-8-4-3-5-9-14)21(20(27)28-2)12-22(21)23-18(25)15-10-6-7-11-16(15)19(23)26/h3-11,17H,12H2,1-2H3. The van der Waals surface area contributed by atoms with E-state index in [1.165, 1.54) is 19.0 Å². The molecule has 2 aliphatic rings. The van der Waals surface area contributed by atoms with E-state index < -0.39 is 35.4 Å². The number of rotatable bonds is 5. The first-order valence-electron chi connectivity index (χ1n) is 8.97. The van der Waals surface area contributed by atoms with Crippen molar-refractivity contribution in [2.75, 3.05) is 13.7 Å². The molecule has 2 aromatic carbocycles. The first-order chi connectivity index (χ1) is 13.9. The molecule has 1 saturated heterocycles. The highest BCUT2D eigenvalue weighted by atomic mass is 16.6. The molecule has 0 N–H and O–H groups in total. The van der Waals surface area contributed by atoms with E-state index in [9.17, 15) is 19.2 Å². The third kappa shape index (κ3) is 2.80. The van der Waals surface area contributed by atoms with Crippen molar-refractivity contribution in [1.29, 1.82) is 0 Å². The maximum atomic E-state index is 12.9. The van der Waals surface area contributed by atoms with Crippen LogP contribution in [0.4, 0.5) is 0 Å². The highest BCUT2D eigenvalue weighted by Gasteiger charge is 2.71. The molecule has 8 nitrogen and oxygen atoms in total. The predicted molar refractivity (Wildman–Crippen MR) is 99.3 cm³/mol. The van der Waals surface area contributed by atoms with Crippen molar-refractivity contribution in [2.45, 2.75) is 18.6 Å². The Labute approximate surface area is 166 Å². The molecular weight excluding hydrogens is 376 g/mol. The monoisotopic (exact) mass is 394 g/mol. The first-order valence-corrected chi connectivity index (χ1v) is 8.97. The normalized spacial score (nSPS) is 23.4. The molecule has 2 amide bonds.